The second kappa shape index (κ2) is 16.7. The highest BCUT2D eigenvalue weighted by molar-refractivity contribution is 5.95. The predicted molar refractivity (Wildman–Crippen MR) is 103 cm³/mol. The molecular formula is C18H30N2O10. The zero-order chi connectivity index (χ0) is 23.7. The highest BCUT2D eigenvalue weighted by Gasteiger charge is 2.25. The zero-order valence-corrected chi connectivity index (χ0v) is 17.7. The zero-order valence-electron chi connectivity index (χ0n) is 17.7. The van der Waals surface area contributed by atoms with Crippen LogP contribution in [0.1, 0.15) is 53.4 Å². The summed E-state index contributed by atoms with van der Waals surface area (Å²) in [5, 5.41) is 16.8. The van der Waals surface area contributed by atoms with E-state index in [-0.39, 0.29) is 26.1 Å². The number of esters is 1. The molecule has 0 aliphatic rings. The highest BCUT2D eigenvalue weighted by atomic mass is 16.6. The van der Waals surface area contributed by atoms with E-state index in [1.807, 2.05) is 6.92 Å². The van der Waals surface area contributed by atoms with Gasteiger partial charge in [-0.1, -0.05) is 13.8 Å². The lowest BCUT2D eigenvalue weighted by Crippen LogP contribution is -2.41. The summed E-state index contributed by atoms with van der Waals surface area (Å²) in [6.45, 7) is 5.96. The first-order valence-corrected chi connectivity index (χ1v) is 9.43. The minimum absolute atomic E-state index is 0.0413. The van der Waals surface area contributed by atoms with Crippen molar-refractivity contribution in [1.29, 1.82) is 0 Å². The van der Waals surface area contributed by atoms with Crippen LogP contribution in [0.2, 0.25) is 0 Å². The minimum atomic E-state index is -1.53. The molecule has 0 heterocycles. The summed E-state index contributed by atoms with van der Waals surface area (Å²) in [5.74, 6) is -3.08. The molecule has 0 aromatic rings. The molecule has 0 aliphatic heterocycles. The maximum Gasteiger partial charge on any atom is 0.417 e. The van der Waals surface area contributed by atoms with Crippen molar-refractivity contribution < 1.29 is 48.5 Å². The van der Waals surface area contributed by atoms with Crippen LogP contribution in [0, 0.1) is 0 Å². The van der Waals surface area contributed by atoms with Crippen LogP contribution in [-0.4, -0.2) is 82.3 Å². The molecule has 0 bridgehead atoms. The van der Waals surface area contributed by atoms with E-state index < -0.39 is 49.0 Å². The Hall–Kier alpha value is -3.18. The monoisotopic (exact) mass is 434 g/mol. The number of nitrogens with zero attached hydrogens (tertiary/aromatic N) is 2. The molecule has 12 heteroatoms. The number of imide groups is 2. The number of hydrogen-bond donors (Lipinski definition) is 2. The summed E-state index contributed by atoms with van der Waals surface area (Å²) in [7, 11) is 0. The van der Waals surface area contributed by atoms with Gasteiger partial charge in [0.05, 0.1) is 13.2 Å². The number of carbonyl (C=O) groups is 6. The third kappa shape index (κ3) is 13.1. The van der Waals surface area contributed by atoms with E-state index in [1.165, 1.54) is 0 Å². The fourth-order valence-corrected chi connectivity index (χ4v) is 1.89. The second-order valence-corrected chi connectivity index (χ2v) is 5.64. The smallest absolute Gasteiger partial charge is 0.417 e. The van der Waals surface area contributed by atoms with Gasteiger partial charge in [-0.15, -0.1) is 0 Å². The first-order valence-electron chi connectivity index (χ1n) is 9.43. The number of hydrogen-bond acceptors (Lipinski definition) is 8. The largest absolute Gasteiger partial charge is 0.480 e. The summed E-state index contributed by atoms with van der Waals surface area (Å²) in [5.41, 5.74) is 0. The number of ether oxygens (including phenoxy) is 2. The van der Waals surface area contributed by atoms with Crippen LogP contribution in [-0.2, 0) is 28.7 Å². The van der Waals surface area contributed by atoms with Crippen LogP contribution in [0.15, 0.2) is 0 Å². The van der Waals surface area contributed by atoms with Crippen molar-refractivity contribution in [2.75, 3.05) is 26.3 Å². The quantitative estimate of drug-likeness (QED) is 0.483. The van der Waals surface area contributed by atoms with Gasteiger partial charge in [-0.05, 0) is 26.7 Å². The van der Waals surface area contributed by atoms with Gasteiger partial charge in [0.15, 0.2) is 0 Å². The molecule has 172 valence electrons. The molecule has 4 amide bonds. The van der Waals surface area contributed by atoms with Crippen molar-refractivity contribution in [1.82, 2.24) is 9.80 Å². The van der Waals surface area contributed by atoms with E-state index in [2.05, 4.69) is 4.74 Å². The minimum Gasteiger partial charge on any atom is -0.480 e. The van der Waals surface area contributed by atoms with Crippen molar-refractivity contribution in [2.24, 2.45) is 0 Å². The number of carbonyl (C=O) groups excluding carboxylic acids is 4. The van der Waals surface area contributed by atoms with Crippen molar-refractivity contribution in [3.63, 3.8) is 0 Å². The summed E-state index contributed by atoms with van der Waals surface area (Å²) in [6, 6.07) is 0. The molecule has 0 radical (unpaired) electrons. The Bertz CT molecular complexity index is 588. The summed E-state index contributed by atoms with van der Waals surface area (Å²) in [4.78, 5) is 67.0. The van der Waals surface area contributed by atoms with E-state index in [1.54, 1.807) is 20.8 Å². The van der Waals surface area contributed by atoms with Gasteiger partial charge in [0, 0.05) is 12.8 Å². The first kappa shape index (κ1) is 29.0. The van der Waals surface area contributed by atoms with Crippen molar-refractivity contribution in [3.05, 3.63) is 0 Å². The molecule has 0 saturated carbocycles. The average Bonchev–Trinajstić information content (AvgIpc) is 2.65. The molecule has 12 nitrogen and oxygen atoms in total. The Morgan fingerprint density at radius 1 is 0.700 bits per heavy atom. The van der Waals surface area contributed by atoms with Crippen molar-refractivity contribution in [2.45, 2.75) is 53.4 Å². The van der Waals surface area contributed by atoms with Crippen LogP contribution in [0.5, 0.6) is 0 Å². The first-order chi connectivity index (χ1) is 14.0. The number of carboxylic acid groups (broad SMARTS) is 2. The fourth-order valence-electron chi connectivity index (χ4n) is 1.89. The Kier molecular flexibility index (Phi) is 16.2. The van der Waals surface area contributed by atoms with Gasteiger partial charge < -0.3 is 19.7 Å². The van der Waals surface area contributed by atoms with Gasteiger partial charge in [0.2, 0.25) is 11.8 Å². The molecule has 30 heavy (non-hydrogen) atoms. The second-order valence-electron chi connectivity index (χ2n) is 5.64. The summed E-state index contributed by atoms with van der Waals surface area (Å²) in [6.07, 6.45) is -1.02. The number of carboxylic acids is 1. The van der Waals surface area contributed by atoms with Crippen LogP contribution in [0.3, 0.4) is 0 Å². The number of aliphatic carboxylic acids is 1. The summed E-state index contributed by atoms with van der Waals surface area (Å²) < 4.78 is 9.40. The lowest BCUT2D eigenvalue weighted by atomic mass is 10.3. The normalized spacial score (nSPS) is 9.47. The maximum absolute atomic E-state index is 11.6. The van der Waals surface area contributed by atoms with Gasteiger partial charge in [0.25, 0.3) is 0 Å². The van der Waals surface area contributed by atoms with Crippen LogP contribution in [0.4, 0.5) is 9.59 Å². The molecular weight excluding hydrogens is 404 g/mol. The Balaban J connectivity index is 0. The van der Waals surface area contributed by atoms with Crippen LogP contribution < -0.4 is 0 Å². The molecule has 0 aromatic carbocycles. The van der Waals surface area contributed by atoms with Gasteiger partial charge in [-0.25, -0.2) is 19.4 Å². The number of amides is 4. The van der Waals surface area contributed by atoms with Gasteiger partial charge >= 0.3 is 24.1 Å². The molecule has 2 N–H and O–H groups in total. The van der Waals surface area contributed by atoms with Crippen molar-refractivity contribution in [3.8, 4) is 0 Å². The molecule has 0 unspecified atom stereocenters. The molecule has 0 atom stereocenters. The predicted octanol–water partition coefficient (Wildman–Crippen LogP) is 1.71. The van der Waals surface area contributed by atoms with E-state index in [9.17, 15) is 28.8 Å². The maximum atomic E-state index is 11.6. The average molecular weight is 434 g/mol. The van der Waals surface area contributed by atoms with E-state index >= 15 is 0 Å². The SMILES string of the molecule is CCCC(=O)N(CC(=O)O)C(=O)O.CCCC(=O)N(CC(=O)OCC)C(=O)OCC. The third-order valence-corrected chi connectivity index (χ3v) is 3.13. The Morgan fingerprint density at radius 3 is 1.53 bits per heavy atom. The lowest BCUT2D eigenvalue weighted by Gasteiger charge is -2.18. The van der Waals surface area contributed by atoms with E-state index in [0.717, 1.165) is 4.90 Å². The van der Waals surface area contributed by atoms with Crippen LogP contribution >= 0.6 is 0 Å². The standard InChI is InChI=1S/C11H19NO5.C7H11NO5/c1-4-7-9(13)12(11(15)17-6-3)8-10(14)16-5-2;1-2-3-5(9)8(7(12)13)4-6(10)11/h4-8H2,1-3H3;2-4H2,1H3,(H,10,11)(H,12,13). The summed E-state index contributed by atoms with van der Waals surface area (Å²) >= 11 is 0. The van der Waals surface area contributed by atoms with E-state index in [0.29, 0.717) is 17.7 Å². The Morgan fingerprint density at radius 2 is 1.17 bits per heavy atom. The Labute approximate surface area is 174 Å². The van der Waals surface area contributed by atoms with Crippen molar-refractivity contribution >= 4 is 35.9 Å². The topological polar surface area (TPSA) is 168 Å². The molecule has 0 aliphatic carbocycles. The highest BCUT2D eigenvalue weighted by Crippen LogP contribution is 2.02. The van der Waals surface area contributed by atoms with Gasteiger partial charge in [0.1, 0.15) is 13.1 Å². The van der Waals surface area contributed by atoms with Gasteiger partial charge in [-0.3, -0.25) is 19.2 Å². The third-order valence-electron chi connectivity index (χ3n) is 3.13. The molecule has 0 rings (SSSR count). The molecule has 0 spiro atoms. The molecule has 0 aromatic heterocycles. The number of rotatable bonds is 10. The molecule has 0 saturated heterocycles. The lowest BCUT2D eigenvalue weighted by molar-refractivity contribution is -0.148. The van der Waals surface area contributed by atoms with E-state index in [4.69, 9.17) is 14.9 Å². The fraction of sp³-hybridized carbons (Fsp3) is 0.667. The van der Waals surface area contributed by atoms with Gasteiger partial charge in [-0.2, -0.15) is 0 Å². The van der Waals surface area contributed by atoms with Crippen LogP contribution in [0.25, 0.3) is 0 Å². The molecule has 0 fully saturated rings.